The Hall–Kier alpha value is -0.990. The van der Waals surface area contributed by atoms with E-state index in [-0.39, 0.29) is 11.5 Å². The zero-order chi connectivity index (χ0) is 13.9. The summed E-state index contributed by atoms with van der Waals surface area (Å²) in [6.07, 6.45) is 2.12. The van der Waals surface area contributed by atoms with Crippen molar-refractivity contribution in [3.05, 3.63) is 11.6 Å². The summed E-state index contributed by atoms with van der Waals surface area (Å²) in [6.45, 7) is 14.6. The van der Waals surface area contributed by atoms with Crippen molar-refractivity contribution in [2.45, 2.75) is 41.5 Å². The maximum atomic E-state index is 11.8. The number of carbonyl (C=O) groups is 1. The predicted molar refractivity (Wildman–Crippen MR) is 74.5 cm³/mol. The van der Waals surface area contributed by atoms with Crippen LogP contribution in [0.3, 0.4) is 0 Å². The van der Waals surface area contributed by atoms with E-state index in [0.717, 1.165) is 0 Å². The topological polar surface area (TPSA) is 29.5 Å². The number of amides is 1. The van der Waals surface area contributed by atoms with Crippen molar-refractivity contribution in [2.24, 2.45) is 17.3 Å². The minimum Gasteiger partial charge on any atom is -0.449 e. The third kappa shape index (κ3) is 3.27. The van der Waals surface area contributed by atoms with Gasteiger partial charge in [-0.05, 0) is 39.0 Å². The van der Waals surface area contributed by atoms with Gasteiger partial charge in [-0.3, -0.25) is 0 Å². The molecule has 1 rings (SSSR count). The van der Waals surface area contributed by atoms with Crippen molar-refractivity contribution in [3.63, 3.8) is 0 Å². The van der Waals surface area contributed by atoms with E-state index in [1.54, 1.807) is 4.90 Å². The van der Waals surface area contributed by atoms with E-state index in [1.807, 2.05) is 13.8 Å². The van der Waals surface area contributed by atoms with Gasteiger partial charge in [0, 0.05) is 19.0 Å². The summed E-state index contributed by atoms with van der Waals surface area (Å²) in [5.74, 6) is 1.01. The van der Waals surface area contributed by atoms with Crippen molar-refractivity contribution in [3.8, 4) is 0 Å². The van der Waals surface area contributed by atoms with Crippen LogP contribution < -0.4 is 0 Å². The molecule has 0 unspecified atom stereocenters. The van der Waals surface area contributed by atoms with Crippen molar-refractivity contribution in [1.29, 1.82) is 0 Å². The number of allylic oxidation sites excluding steroid dienone is 2. The SMILES string of the molecule is CCN(CC)C(=O)OC[C@@H]1[C@H](C=C(C)C)C1(C)C. The van der Waals surface area contributed by atoms with Crippen molar-refractivity contribution in [2.75, 3.05) is 19.7 Å². The molecule has 3 heteroatoms. The molecule has 18 heavy (non-hydrogen) atoms. The van der Waals surface area contributed by atoms with Crippen LogP contribution in [0, 0.1) is 17.3 Å². The van der Waals surface area contributed by atoms with Gasteiger partial charge in [-0.25, -0.2) is 4.79 Å². The Labute approximate surface area is 111 Å². The molecule has 1 aliphatic carbocycles. The number of nitrogens with zero attached hydrogens (tertiary/aromatic N) is 1. The first-order valence-corrected chi connectivity index (χ1v) is 6.91. The molecule has 3 nitrogen and oxygen atoms in total. The second-order valence-electron chi connectivity index (χ2n) is 5.95. The van der Waals surface area contributed by atoms with Crippen LogP contribution in [-0.2, 0) is 4.74 Å². The van der Waals surface area contributed by atoms with Crippen LogP contribution in [-0.4, -0.2) is 30.7 Å². The highest BCUT2D eigenvalue weighted by atomic mass is 16.6. The van der Waals surface area contributed by atoms with Crippen LogP contribution >= 0.6 is 0 Å². The average molecular weight is 253 g/mol. The van der Waals surface area contributed by atoms with E-state index in [2.05, 4.69) is 33.8 Å². The lowest BCUT2D eigenvalue weighted by atomic mass is 10.1. The Morgan fingerprint density at radius 1 is 1.28 bits per heavy atom. The molecule has 1 saturated carbocycles. The zero-order valence-corrected chi connectivity index (χ0v) is 12.6. The van der Waals surface area contributed by atoms with Gasteiger partial charge in [0.15, 0.2) is 0 Å². The molecule has 104 valence electrons. The largest absolute Gasteiger partial charge is 0.449 e. The molecule has 0 saturated heterocycles. The zero-order valence-electron chi connectivity index (χ0n) is 12.6. The molecule has 0 N–H and O–H groups in total. The average Bonchev–Trinajstić information content (AvgIpc) is 2.78. The molecular weight excluding hydrogens is 226 g/mol. The van der Waals surface area contributed by atoms with Gasteiger partial charge >= 0.3 is 6.09 Å². The number of ether oxygens (including phenoxy) is 1. The first-order chi connectivity index (χ1) is 8.34. The van der Waals surface area contributed by atoms with E-state index in [9.17, 15) is 4.79 Å². The molecule has 0 bridgehead atoms. The van der Waals surface area contributed by atoms with E-state index in [1.165, 1.54) is 5.57 Å². The van der Waals surface area contributed by atoms with Gasteiger partial charge < -0.3 is 9.64 Å². The summed E-state index contributed by atoms with van der Waals surface area (Å²) in [7, 11) is 0. The highest BCUT2D eigenvalue weighted by Gasteiger charge is 2.56. The minimum atomic E-state index is -0.182. The molecule has 1 aliphatic rings. The fraction of sp³-hybridized carbons (Fsp3) is 0.800. The van der Waals surface area contributed by atoms with Gasteiger partial charge in [-0.1, -0.05) is 25.5 Å². The molecule has 0 aromatic heterocycles. The normalized spacial score (nSPS) is 24.3. The minimum absolute atomic E-state index is 0.182. The maximum Gasteiger partial charge on any atom is 0.409 e. The molecular formula is C15H27NO2. The van der Waals surface area contributed by atoms with Crippen LogP contribution in [0.5, 0.6) is 0 Å². The van der Waals surface area contributed by atoms with Gasteiger partial charge in [-0.15, -0.1) is 0 Å². The van der Waals surface area contributed by atoms with Crippen molar-refractivity contribution < 1.29 is 9.53 Å². The first-order valence-electron chi connectivity index (χ1n) is 6.91. The molecule has 2 atom stereocenters. The third-order valence-electron chi connectivity index (χ3n) is 4.06. The Morgan fingerprint density at radius 3 is 2.28 bits per heavy atom. The van der Waals surface area contributed by atoms with Gasteiger partial charge in [0.25, 0.3) is 0 Å². The van der Waals surface area contributed by atoms with Crippen LogP contribution in [0.4, 0.5) is 4.79 Å². The summed E-state index contributed by atoms with van der Waals surface area (Å²) >= 11 is 0. The Balaban J connectivity index is 2.46. The van der Waals surface area contributed by atoms with Crippen LogP contribution in [0.2, 0.25) is 0 Å². The number of hydrogen-bond donors (Lipinski definition) is 0. The maximum absolute atomic E-state index is 11.8. The highest BCUT2D eigenvalue weighted by molar-refractivity contribution is 5.67. The predicted octanol–water partition coefficient (Wildman–Crippen LogP) is 3.70. The Bertz CT molecular complexity index is 325. The Morgan fingerprint density at radius 2 is 1.83 bits per heavy atom. The van der Waals surface area contributed by atoms with Gasteiger partial charge in [-0.2, -0.15) is 0 Å². The molecule has 0 heterocycles. The third-order valence-corrected chi connectivity index (χ3v) is 4.06. The van der Waals surface area contributed by atoms with E-state index < -0.39 is 0 Å². The summed E-state index contributed by atoms with van der Waals surface area (Å²) in [4.78, 5) is 13.5. The summed E-state index contributed by atoms with van der Waals surface area (Å²) in [5.41, 5.74) is 1.60. The number of carbonyl (C=O) groups excluding carboxylic acids is 1. The lowest BCUT2D eigenvalue weighted by Crippen LogP contribution is -2.31. The summed E-state index contributed by atoms with van der Waals surface area (Å²) < 4.78 is 5.42. The van der Waals surface area contributed by atoms with Gasteiger partial charge in [0.1, 0.15) is 0 Å². The second-order valence-corrected chi connectivity index (χ2v) is 5.95. The van der Waals surface area contributed by atoms with E-state index >= 15 is 0 Å². The first kappa shape index (κ1) is 15.1. The molecule has 1 fully saturated rings. The van der Waals surface area contributed by atoms with Crippen molar-refractivity contribution in [1.82, 2.24) is 4.90 Å². The summed E-state index contributed by atoms with van der Waals surface area (Å²) in [5, 5.41) is 0. The molecule has 0 aromatic rings. The lowest BCUT2D eigenvalue weighted by Gasteiger charge is -2.18. The molecule has 0 radical (unpaired) electrons. The fourth-order valence-corrected chi connectivity index (χ4v) is 2.53. The van der Waals surface area contributed by atoms with Crippen LogP contribution in [0.1, 0.15) is 41.5 Å². The molecule has 1 amide bonds. The van der Waals surface area contributed by atoms with Crippen molar-refractivity contribution >= 4 is 6.09 Å². The molecule has 0 spiro atoms. The molecule has 0 aliphatic heterocycles. The van der Waals surface area contributed by atoms with Gasteiger partial charge in [0.05, 0.1) is 6.61 Å². The second kappa shape index (κ2) is 5.77. The Kier molecular flexibility index (Phi) is 4.83. The standard InChI is InChI=1S/C15H27NO2/c1-7-16(8-2)14(17)18-10-13-12(9-11(3)4)15(13,5)6/h9,12-13H,7-8,10H2,1-6H3/t12-,13+/m0/s1. The fourth-order valence-electron chi connectivity index (χ4n) is 2.53. The quantitative estimate of drug-likeness (QED) is 0.699. The smallest absolute Gasteiger partial charge is 0.409 e. The lowest BCUT2D eigenvalue weighted by molar-refractivity contribution is 0.0981. The monoisotopic (exact) mass is 253 g/mol. The van der Waals surface area contributed by atoms with E-state index in [4.69, 9.17) is 4.74 Å². The highest BCUT2D eigenvalue weighted by Crippen LogP contribution is 2.59. The van der Waals surface area contributed by atoms with Crippen LogP contribution in [0.25, 0.3) is 0 Å². The number of rotatable bonds is 5. The van der Waals surface area contributed by atoms with Gasteiger partial charge in [0.2, 0.25) is 0 Å². The van der Waals surface area contributed by atoms with Crippen LogP contribution in [0.15, 0.2) is 11.6 Å². The summed E-state index contributed by atoms with van der Waals surface area (Å²) in [6, 6.07) is 0. The van der Waals surface area contributed by atoms with E-state index in [0.29, 0.717) is 31.5 Å². The molecule has 0 aromatic carbocycles. The number of hydrogen-bond acceptors (Lipinski definition) is 2.